The third kappa shape index (κ3) is 4.64. The van der Waals surface area contributed by atoms with Gasteiger partial charge in [-0.1, -0.05) is 6.92 Å². The molecule has 1 heterocycles. The van der Waals surface area contributed by atoms with Crippen molar-refractivity contribution in [1.82, 2.24) is 10.2 Å². The predicted octanol–water partition coefficient (Wildman–Crippen LogP) is 2.45. The quantitative estimate of drug-likeness (QED) is 0.772. The largest absolute Gasteiger partial charge is 0.312 e. The van der Waals surface area contributed by atoms with E-state index in [1.54, 1.807) is 0 Å². The molecule has 1 N–H and O–H groups in total. The molecule has 0 aliphatic carbocycles. The van der Waals surface area contributed by atoms with E-state index < -0.39 is 0 Å². The van der Waals surface area contributed by atoms with Gasteiger partial charge >= 0.3 is 0 Å². The molecule has 0 aromatic rings. The van der Waals surface area contributed by atoms with E-state index in [1.807, 2.05) is 11.8 Å². The second kappa shape index (κ2) is 7.57. The lowest BCUT2D eigenvalue weighted by molar-refractivity contribution is 0.180. The van der Waals surface area contributed by atoms with Gasteiger partial charge in [-0.3, -0.25) is 0 Å². The van der Waals surface area contributed by atoms with Crippen molar-refractivity contribution in [2.24, 2.45) is 5.92 Å². The first kappa shape index (κ1) is 14.3. The lowest BCUT2D eigenvalue weighted by Gasteiger charge is -2.35. The van der Waals surface area contributed by atoms with Gasteiger partial charge in [0.1, 0.15) is 0 Å². The Morgan fingerprint density at radius 2 is 2.25 bits per heavy atom. The fraction of sp³-hybridized carbons (Fsp3) is 1.00. The van der Waals surface area contributed by atoms with Gasteiger partial charge in [0.25, 0.3) is 0 Å². The summed E-state index contributed by atoms with van der Waals surface area (Å²) in [6.45, 7) is 7.15. The Hall–Kier alpha value is 0.270. The van der Waals surface area contributed by atoms with Crippen molar-refractivity contribution in [2.75, 3.05) is 32.1 Å². The number of nitrogens with one attached hydrogen (secondary N) is 1. The maximum absolute atomic E-state index is 3.66. The molecule has 0 spiro atoms. The number of hydrogen-bond donors (Lipinski definition) is 1. The van der Waals surface area contributed by atoms with Gasteiger partial charge in [-0.15, -0.1) is 0 Å². The molecule has 0 amide bonds. The van der Waals surface area contributed by atoms with Gasteiger partial charge in [-0.25, -0.2) is 0 Å². The van der Waals surface area contributed by atoms with E-state index in [2.05, 4.69) is 37.4 Å². The van der Waals surface area contributed by atoms with Crippen LogP contribution in [-0.2, 0) is 0 Å². The molecule has 0 aromatic heterocycles. The van der Waals surface area contributed by atoms with Gasteiger partial charge in [0.15, 0.2) is 0 Å². The van der Waals surface area contributed by atoms with Crippen molar-refractivity contribution in [1.29, 1.82) is 0 Å². The van der Waals surface area contributed by atoms with Gasteiger partial charge < -0.3 is 10.2 Å². The maximum Gasteiger partial charge on any atom is 0.0220 e. The van der Waals surface area contributed by atoms with Crippen molar-refractivity contribution in [3.63, 3.8) is 0 Å². The molecule has 1 saturated heterocycles. The van der Waals surface area contributed by atoms with E-state index in [0.29, 0.717) is 12.1 Å². The van der Waals surface area contributed by atoms with Crippen molar-refractivity contribution in [3.05, 3.63) is 0 Å². The Balaban J connectivity index is 2.28. The molecule has 0 saturated carbocycles. The Labute approximate surface area is 106 Å². The molecule has 1 fully saturated rings. The van der Waals surface area contributed by atoms with Crippen LogP contribution in [0.15, 0.2) is 0 Å². The topological polar surface area (TPSA) is 15.3 Å². The number of rotatable bonds is 6. The third-order valence-electron chi connectivity index (χ3n) is 3.91. The van der Waals surface area contributed by atoms with Gasteiger partial charge in [0.2, 0.25) is 0 Å². The number of thioether (sulfide) groups is 1. The van der Waals surface area contributed by atoms with E-state index in [-0.39, 0.29) is 0 Å². The van der Waals surface area contributed by atoms with Gasteiger partial charge in [0, 0.05) is 18.6 Å². The molecule has 0 bridgehead atoms. The highest BCUT2D eigenvalue weighted by molar-refractivity contribution is 7.98. The van der Waals surface area contributed by atoms with Gasteiger partial charge in [-0.2, -0.15) is 11.8 Å². The number of nitrogens with zero attached hydrogens (tertiary/aromatic N) is 1. The normalized spacial score (nSPS) is 28.3. The molecule has 1 aliphatic rings. The molecule has 2 nitrogen and oxygen atoms in total. The number of hydrogen-bond acceptors (Lipinski definition) is 3. The molecule has 0 aromatic carbocycles. The zero-order valence-electron chi connectivity index (χ0n) is 11.3. The molecule has 0 radical (unpaired) electrons. The first-order valence-corrected chi connectivity index (χ1v) is 7.97. The minimum Gasteiger partial charge on any atom is -0.312 e. The van der Waals surface area contributed by atoms with E-state index in [9.17, 15) is 0 Å². The highest BCUT2D eigenvalue weighted by Gasteiger charge is 2.23. The Morgan fingerprint density at radius 1 is 1.50 bits per heavy atom. The molecule has 3 unspecified atom stereocenters. The summed E-state index contributed by atoms with van der Waals surface area (Å²) < 4.78 is 0. The van der Waals surface area contributed by atoms with Crippen LogP contribution in [0, 0.1) is 5.92 Å². The van der Waals surface area contributed by atoms with E-state index in [0.717, 1.165) is 5.92 Å². The summed E-state index contributed by atoms with van der Waals surface area (Å²) in [7, 11) is 2.27. The lowest BCUT2D eigenvalue weighted by atomic mass is 9.92. The maximum atomic E-state index is 3.66. The summed E-state index contributed by atoms with van der Waals surface area (Å²) in [4.78, 5) is 2.52. The zero-order valence-corrected chi connectivity index (χ0v) is 12.1. The molecule has 96 valence electrons. The molecule has 3 atom stereocenters. The van der Waals surface area contributed by atoms with Crippen LogP contribution in [0.5, 0.6) is 0 Å². The van der Waals surface area contributed by atoms with Crippen LogP contribution in [0.4, 0.5) is 0 Å². The smallest absolute Gasteiger partial charge is 0.0220 e. The average Bonchev–Trinajstić information content (AvgIpc) is 2.28. The summed E-state index contributed by atoms with van der Waals surface area (Å²) in [5.74, 6) is 2.11. The highest BCUT2D eigenvalue weighted by atomic mass is 32.2. The van der Waals surface area contributed by atoms with Crippen molar-refractivity contribution in [3.8, 4) is 0 Å². The summed E-state index contributed by atoms with van der Waals surface area (Å²) in [5, 5.41) is 3.66. The zero-order chi connectivity index (χ0) is 12.0. The molecular weight excluding hydrogens is 216 g/mol. The third-order valence-corrected chi connectivity index (χ3v) is 4.55. The van der Waals surface area contributed by atoms with Crippen molar-refractivity contribution in [2.45, 2.75) is 45.2 Å². The second-order valence-electron chi connectivity index (χ2n) is 5.25. The van der Waals surface area contributed by atoms with Crippen LogP contribution in [0.2, 0.25) is 0 Å². The predicted molar refractivity (Wildman–Crippen MR) is 75.3 cm³/mol. The summed E-state index contributed by atoms with van der Waals surface area (Å²) in [6, 6.07) is 1.42. The monoisotopic (exact) mass is 244 g/mol. The van der Waals surface area contributed by atoms with Crippen molar-refractivity contribution < 1.29 is 0 Å². The number of piperidine rings is 1. The van der Waals surface area contributed by atoms with E-state index in [4.69, 9.17) is 0 Å². The van der Waals surface area contributed by atoms with Crippen LogP contribution < -0.4 is 5.32 Å². The molecule has 16 heavy (non-hydrogen) atoms. The molecular formula is C13H28N2S. The molecule has 1 rings (SSSR count). The van der Waals surface area contributed by atoms with Gasteiger partial charge in [0.05, 0.1) is 0 Å². The number of likely N-dealkylation sites (N-methyl/N-ethyl adjacent to an activating group) is 1. The Kier molecular flexibility index (Phi) is 6.78. The first-order chi connectivity index (χ1) is 7.65. The Morgan fingerprint density at radius 3 is 2.88 bits per heavy atom. The minimum absolute atomic E-state index is 0.704. The fourth-order valence-electron chi connectivity index (χ4n) is 2.36. The Bertz CT molecular complexity index is 187. The van der Waals surface area contributed by atoms with Crippen LogP contribution >= 0.6 is 11.8 Å². The van der Waals surface area contributed by atoms with E-state index >= 15 is 0 Å². The second-order valence-corrected chi connectivity index (χ2v) is 6.24. The van der Waals surface area contributed by atoms with Gasteiger partial charge in [-0.05, 0) is 57.7 Å². The molecule has 1 aliphatic heterocycles. The lowest BCUT2D eigenvalue weighted by Crippen LogP contribution is -2.48. The summed E-state index contributed by atoms with van der Waals surface area (Å²) in [5.41, 5.74) is 0. The summed E-state index contributed by atoms with van der Waals surface area (Å²) in [6.07, 6.45) is 6.24. The van der Waals surface area contributed by atoms with Crippen molar-refractivity contribution >= 4 is 11.8 Å². The summed E-state index contributed by atoms with van der Waals surface area (Å²) >= 11 is 1.95. The standard InChI is InChI=1S/C13H28N2S/c1-11-6-5-8-14-13(11)10-15(3)12(2)7-9-16-4/h11-14H,5-10H2,1-4H3. The van der Waals surface area contributed by atoms with Crippen LogP contribution in [0.3, 0.4) is 0 Å². The van der Waals surface area contributed by atoms with Crippen LogP contribution in [-0.4, -0.2) is 49.1 Å². The SMILES string of the molecule is CSCCC(C)N(C)CC1NCCCC1C. The fourth-order valence-corrected chi connectivity index (χ4v) is 2.93. The molecule has 3 heteroatoms. The minimum atomic E-state index is 0.704. The average molecular weight is 244 g/mol. The highest BCUT2D eigenvalue weighted by Crippen LogP contribution is 2.17. The van der Waals surface area contributed by atoms with Crippen LogP contribution in [0.1, 0.15) is 33.1 Å². The van der Waals surface area contributed by atoms with E-state index in [1.165, 1.54) is 38.1 Å². The first-order valence-electron chi connectivity index (χ1n) is 6.57. The van der Waals surface area contributed by atoms with Crippen LogP contribution in [0.25, 0.3) is 0 Å².